The number of rotatable bonds is 4. The molecule has 0 saturated carbocycles. The van der Waals surface area contributed by atoms with Crippen LogP contribution < -0.4 is 5.32 Å². The molecule has 1 fully saturated rings. The molecule has 2 rings (SSSR count). The summed E-state index contributed by atoms with van der Waals surface area (Å²) in [5, 5.41) is 3.47. The summed E-state index contributed by atoms with van der Waals surface area (Å²) in [6.07, 6.45) is 0. The third-order valence-corrected chi connectivity index (χ3v) is 3.21. The summed E-state index contributed by atoms with van der Waals surface area (Å²) in [6, 6.07) is 7.61. The Morgan fingerprint density at radius 3 is 2.75 bits per heavy atom. The van der Waals surface area contributed by atoms with Crippen LogP contribution in [0.3, 0.4) is 0 Å². The van der Waals surface area contributed by atoms with Crippen LogP contribution >= 0.6 is 0 Å². The number of likely N-dealkylation sites (tertiary alicyclic amines) is 1. The summed E-state index contributed by atoms with van der Waals surface area (Å²) in [5.41, 5.74) is 0.808. The lowest BCUT2D eigenvalue weighted by molar-refractivity contribution is 0.161. The Morgan fingerprint density at radius 2 is 2.12 bits per heavy atom. The van der Waals surface area contributed by atoms with Gasteiger partial charge in [-0.15, -0.1) is 0 Å². The Morgan fingerprint density at radius 1 is 1.44 bits per heavy atom. The fraction of sp³-hybridized carbons (Fsp3) is 0.538. The molecule has 3 heteroatoms. The molecule has 1 aromatic rings. The highest BCUT2D eigenvalue weighted by molar-refractivity contribution is 5.21. The molecule has 0 bridgehead atoms. The number of nitrogens with one attached hydrogen (secondary N) is 1. The van der Waals surface area contributed by atoms with Gasteiger partial charge in [0.1, 0.15) is 5.82 Å². The number of likely N-dealkylation sites (N-methyl/N-ethyl adjacent to an activating group) is 1. The van der Waals surface area contributed by atoms with Gasteiger partial charge in [0.05, 0.1) is 0 Å². The molecule has 88 valence electrons. The van der Waals surface area contributed by atoms with Crippen molar-refractivity contribution in [2.75, 3.05) is 26.7 Å². The first kappa shape index (κ1) is 11.6. The Bertz CT molecular complexity index is 348. The molecule has 1 heterocycles. The molecule has 16 heavy (non-hydrogen) atoms. The van der Waals surface area contributed by atoms with Crippen LogP contribution in [-0.2, 0) is 0 Å². The zero-order chi connectivity index (χ0) is 11.5. The van der Waals surface area contributed by atoms with E-state index in [9.17, 15) is 4.39 Å². The molecule has 1 unspecified atom stereocenters. The van der Waals surface area contributed by atoms with Crippen LogP contribution in [0, 0.1) is 5.82 Å². The van der Waals surface area contributed by atoms with Crippen LogP contribution in [0.2, 0.25) is 0 Å². The first-order chi connectivity index (χ1) is 7.66. The van der Waals surface area contributed by atoms with Crippen molar-refractivity contribution in [3.8, 4) is 0 Å². The number of nitrogens with zero attached hydrogens (tertiary/aromatic N) is 1. The SMILES string of the molecule is CC(CNC1CN(C)C1)c1ccccc1F. The van der Waals surface area contributed by atoms with Gasteiger partial charge in [-0.05, 0) is 24.6 Å². The van der Waals surface area contributed by atoms with Crippen molar-refractivity contribution in [3.63, 3.8) is 0 Å². The van der Waals surface area contributed by atoms with Crippen molar-refractivity contribution < 1.29 is 4.39 Å². The normalized spacial score (nSPS) is 19.4. The molecule has 1 N–H and O–H groups in total. The molecular weight excluding hydrogens is 203 g/mol. The van der Waals surface area contributed by atoms with Crippen LogP contribution in [0.4, 0.5) is 4.39 Å². The topological polar surface area (TPSA) is 15.3 Å². The van der Waals surface area contributed by atoms with Crippen molar-refractivity contribution in [2.45, 2.75) is 18.9 Å². The van der Waals surface area contributed by atoms with Crippen LogP contribution in [0.5, 0.6) is 0 Å². The van der Waals surface area contributed by atoms with Gasteiger partial charge >= 0.3 is 0 Å². The third-order valence-electron chi connectivity index (χ3n) is 3.21. The van der Waals surface area contributed by atoms with Crippen molar-refractivity contribution in [2.24, 2.45) is 0 Å². The molecule has 0 radical (unpaired) electrons. The molecule has 0 amide bonds. The lowest BCUT2D eigenvalue weighted by Crippen LogP contribution is -2.56. The molecular formula is C13H19FN2. The summed E-state index contributed by atoms with van der Waals surface area (Å²) in [5.74, 6) is 0.134. The highest BCUT2D eigenvalue weighted by atomic mass is 19.1. The van der Waals surface area contributed by atoms with Gasteiger partial charge < -0.3 is 10.2 Å². The van der Waals surface area contributed by atoms with E-state index in [1.165, 1.54) is 6.07 Å². The Hall–Kier alpha value is -0.930. The van der Waals surface area contributed by atoms with Gasteiger partial charge in [0.2, 0.25) is 0 Å². The van der Waals surface area contributed by atoms with Crippen LogP contribution in [0.25, 0.3) is 0 Å². The highest BCUT2D eigenvalue weighted by Gasteiger charge is 2.23. The summed E-state index contributed by atoms with van der Waals surface area (Å²) in [6.45, 7) is 5.11. The maximum atomic E-state index is 13.5. The molecule has 1 atom stereocenters. The van der Waals surface area contributed by atoms with E-state index in [2.05, 4.69) is 24.2 Å². The first-order valence-corrected chi connectivity index (χ1v) is 5.83. The van der Waals surface area contributed by atoms with E-state index < -0.39 is 0 Å². The predicted molar refractivity (Wildman–Crippen MR) is 64.1 cm³/mol. The fourth-order valence-electron chi connectivity index (χ4n) is 2.16. The number of benzene rings is 1. The van der Waals surface area contributed by atoms with Crippen LogP contribution in [0.15, 0.2) is 24.3 Å². The van der Waals surface area contributed by atoms with Gasteiger partial charge in [-0.2, -0.15) is 0 Å². The van der Waals surface area contributed by atoms with E-state index in [1.54, 1.807) is 6.07 Å². The number of hydrogen-bond acceptors (Lipinski definition) is 2. The largest absolute Gasteiger partial charge is 0.311 e. The van der Waals surface area contributed by atoms with E-state index in [0.29, 0.717) is 6.04 Å². The zero-order valence-corrected chi connectivity index (χ0v) is 9.91. The predicted octanol–water partition coefficient (Wildman–Crippen LogP) is 1.83. The first-order valence-electron chi connectivity index (χ1n) is 5.83. The second kappa shape index (κ2) is 4.93. The van der Waals surface area contributed by atoms with Gasteiger partial charge in [-0.3, -0.25) is 0 Å². The van der Waals surface area contributed by atoms with Crippen LogP contribution in [-0.4, -0.2) is 37.6 Å². The third kappa shape index (κ3) is 2.60. The smallest absolute Gasteiger partial charge is 0.126 e. The maximum absolute atomic E-state index is 13.5. The summed E-state index contributed by atoms with van der Waals surface area (Å²) < 4.78 is 13.5. The molecule has 1 aliphatic heterocycles. The minimum absolute atomic E-state index is 0.0949. The van der Waals surface area contributed by atoms with Gasteiger partial charge in [-0.1, -0.05) is 25.1 Å². The van der Waals surface area contributed by atoms with E-state index in [-0.39, 0.29) is 11.7 Å². The van der Waals surface area contributed by atoms with E-state index in [0.717, 1.165) is 25.2 Å². The minimum atomic E-state index is -0.0949. The Balaban J connectivity index is 1.84. The summed E-state index contributed by atoms with van der Waals surface area (Å²) in [4.78, 5) is 2.27. The van der Waals surface area contributed by atoms with Crippen molar-refractivity contribution in [3.05, 3.63) is 35.6 Å². The monoisotopic (exact) mass is 222 g/mol. The lowest BCUT2D eigenvalue weighted by atomic mass is 9.99. The molecule has 0 aliphatic carbocycles. The minimum Gasteiger partial charge on any atom is -0.311 e. The summed E-state index contributed by atoms with van der Waals surface area (Å²) in [7, 11) is 2.11. The van der Waals surface area contributed by atoms with Crippen LogP contribution in [0.1, 0.15) is 18.4 Å². The van der Waals surface area contributed by atoms with Crippen molar-refractivity contribution in [1.29, 1.82) is 0 Å². The highest BCUT2D eigenvalue weighted by Crippen LogP contribution is 2.18. The molecule has 1 aliphatic rings. The molecule has 1 aromatic carbocycles. The van der Waals surface area contributed by atoms with Gasteiger partial charge in [0, 0.05) is 25.7 Å². The fourth-order valence-corrected chi connectivity index (χ4v) is 2.16. The molecule has 0 spiro atoms. The van der Waals surface area contributed by atoms with Crippen molar-refractivity contribution >= 4 is 0 Å². The quantitative estimate of drug-likeness (QED) is 0.836. The second-order valence-corrected chi connectivity index (χ2v) is 4.75. The van der Waals surface area contributed by atoms with Gasteiger partial charge in [-0.25, -0.2) is 4.39 Å². The lowest BCUT2D eigenvalue weighted by Gasteiger charge is -2.37. The zero-order valence-electron chi connectivity index (χ0n) is 9.91. The molecule has 1 saturated heterocycles. The second-order valence-electron chi connectivity index (χ2n) is 4.75. The molecule has 2 nitrogen and oxygen atoms in total. The number of hydrogen-bond donors (Lipinski definition) is 1. The van der Waals surface area contributed by atoms with E-state index >= 15 is 0 Å². The number of halogens is 1. The summed E-state index contributed by atoms with van der Waals surface area (Å²) >= 11 is 0. The van der Waals surface area contributed by atoms with E-state index in [4.69, 9.17) is 0 Å². The maximum Gasteiger partial charge on any atom is 0.126 e. The van der Waals surface area contributed by atoms with Gasteiger partial charge in [0.15, 0.2) is 0 Å². The van der Waals surface area contributed by atoms with Crippen molar-refractivity contribution in [1.82, 2.24) is 10.2 Å². The average Bonchev–Trinajstić information content (AvgIpc) is 2.23. The van der Waals surface area contributed by atoms with Gasteiger partial charge in [0.25, 0.3) is 0 Å². The standard InChI is InChI=1S/C13H19FN2/c1-10(7-15-11-8-16(2)9-11)12-5-3-4-6-13(12)14/h3-6,10-11,15H,7-9H2,1-2H3. The Labute approximate surface area is 96.5 Å². The Kier molecular flexibility index (Phi) is 3.56. The molecule has 0 aromatic heterocycles. The average molecular weight is 222 g/mol. The van der Waals surface area contributed by atoms with E-state index in [1.807, 2.05) is 12.1 Å².